The fraction of sp³-hybridized carbons (Fsp3) is 1.00. The second kappa shape index (κ2) is 3.76. The van der Waals surface area contributed by atoms with Crippen molar-refractivity contribution in [1.82, 2.24) is 0 Å². The molecular formula is C14H25N. The van der Waals surface area contributed by atoms with Crippen molar-refractivity contribution in [1.29, 1.82) is 0 Å². The molecule has 3 aliphatic carbocycles. The predicted molar refractivity (Wildman–Crippen MR) is 63.6 cm³/mol. The summed E-state index contributed by atoms with van der Waals surface area (Å²) in [5, 5.41) is 0. The normalized spacial score (nSPS) is 40.6. The highest BCUT2D eigenvalue weighted by atomic mass is 14.6. The van der Waals surface area contributed by atoms with E-state index in [1.807, 2.05) is 0 Å². The maximum absolute atomic E-state index is 5.98. The highest BCUT2D eigenvalue weighted by molar-refractivity contribution is 4.97. The van der Waals surface area contributed by atoms with Crippen LogP contribution in [0.25, 0.3) is 0 Å². The molecule has 0 bridgehead atoms. The molecule has 3 rings (SSSR count). The van der Waals surface area contributed by atoms with E-state index in [1.165, 1.54) is 25.7 Å². The van der Waals surface area contributed by atoms with Gasteiger partial charge in [0.25, 0.3) is 0 Å². The summed E-state index contributed by atoms with van der Waals surface area (Å²) in [6.07, 6.45) is 14.8. The van der Waals surface area contributed by atoms with Gasteiger partial charge in [0.05, 0.1) is 0 Å². The molecule has 3 saturated carbocycles. The summed E-state index contributed by atoms with van der Waals surface area (Å²) >= 11 is 0. The van der Waals surface area contributed by atoms with Crippen molar-refractivity contribution in [3.8, 4) is 0 Å². The van der Waals surface area contributed by atoms with Crippen molar-refractivity contribution < 1.29 is 0 Å². The van der Waals surface area contributed by atoms with Crippen LogP contribution in [0.4, 0.5) is 0 Å². The van der Waals surface area contributed by atoms with Crippen LogP contribution in [0.15, 0.2) is 0 Å². The zero-order valence-corrected chi connectivity index (χ0v) is 9.88. The zero-order chi connectivity index (χ0) is 10.3. The first-order valence-electron chi connectivity index (χ1n) is 7.03. The zero-order valence-electron chi connectivity index (χ0n) is 9.88. The summed E-state index contributed by atoms with van der Waals surface area (Å²) < 4.78 is 0. The lowest BCUT2D eigenvalue weighted by Gasteiger charge is -2.37. The monoisotopic (exact) mass is 207 g/mol. The Kier molecular flexibility index (Phi) is 2.54. The van der Waals surface area contributed by atoms with Crippen LogP contribution in [0.1, 0.15) is 64.2 Å². The molecule has 0 aliphatic heterocycles. The number of hydrogen-bond acceptors (Lipinski definition) is 1. The van der Waals surface area contributed by atoms with Crippen molar-refractivity contribution >= 4 is 0 Å². The van der Waals surface area contributed by atoms with Crippen molar-refractivity contribution in [3.05, 3.63) is 0 Å². The van der Waals surface area contributed by atoms with Crippen molar-refractivity contribution in [3.63, 3.8) is 0 Å². The number of hydrogen-bond donors (Lipinski definition) is 1. The number of nitrogens with two attached hydrogens (primary N) is 1. The topological polar surface area (TPSA) is 26.0 Å². The van der Waals surface area contributed by atoms with Gasteiger partial charge in [-0.1, -0.05) is 0 Å². The van der Waals surface area contributed by atoms with Gasteiger partial charge in [-0.2, -0.15) is 0 Å². The quantitative estimate of drug-likeness (QED) is 0.700. The summed E-state index contributed by atoms with van der Waals surface area (Å²) in [6, 6.07) is 0.527. The van der Waals surface area contributed by atoms with Crippen LogP contribution in [-0.2, 0) is 0 Å². The van der Waals surface area contributed by atoms with Crippen LogP contribution in [0.3, 0.4) is 0 Å². The molecule has 0 aromatic carbocycles. The van der Waals surface area contributed by atoms with Crippen molar-refractivity contribution in [2.75, 3.05) is 0 Å². The summed E-state index contributed by atoms with van der Waals surface area (Å²) in [4.78, 5) is 0. The van der Waals surface area contributed by atoms with Gasteiger partial charge in [-0.25, -0.2) is 0 Å². The van der Waals surface area contributed by atoms with Gasteiger partial charge in [0.1, 0.15) is 0 Å². The maximum Gasteiger partial charge on any atom is 0.00390 e. The lowest BCUT2D eigenvalue weighted by atomic mass is 9.69. The van der Waals surface area contributed by atoms with Crippen LogP contribution in [0.2, 0.25) is 0 Å². The van der Waals surface area contributed by atoms with E-state index < -0.39 is 0 Å². The van der Waals surface area contributed by atoms with Crippen molar-refractivity contribution in [2.24, 2.45) is 23.0 Å². The minimum absolute atomic E-state index is 0.527. The first-order chi connectivity index (χ1) is 7.27. The molecule has 0 radical (unpaired) electrons. The van der Waals surface area contributed by atoms with Crippen LogP contribution >= 0.6 is 0 Å². The maximum atomic E-state index is 5.98. The number of rotatable bonds is 1. The molecule has 86 valence electrons. The SMILES string of the molecule is NC1CCC(C2CCC3(CC2)CC3)CC1. The van der Waals surface area contributed by atoms with Gasteiger partial charge in [-0.3, -0.25) is 0 Å². The second-order valence-electron chi connectivity index (χ2n) is 6.51. The van der Waals surface area contributed by atoms with E-state index in [1.54, 1.807) is 38.5 Å². The Hall–Kier alpha value is -0.0400. The molecule has 3 fully saturated rings. The van der Waals surface area contributed by atoms with Gasteiger partial charge in [-0.15, -0.1) is 0 Å². The van der Waals surface area contributed by atoms with Gasteiger partial charge in [0.2, 0.25) is 0 Å². The fourth-order valence-corrected chi connectivity index (χ4v) is 4.02. The van der Waals surface area contributed by atoms with Crippen LogP contribution in [0, 0.1) is 17.3 Å². The highest BCUT2D eigenvalue weighted by Gasteiger charge is 2.45. The average Bonchev–Trinajstić information content (AvgIpc) is 3.01. The third-order valence-corrected chi connectivity index (χ3v) is 5.53. The molecule has 1 spiro atoms. The predicted octanol–water partition coefficient (Wildman–Crippen LogP) is 3.47. The Balaban J connectivity index is 1.51. The minimum Gasteiger partial charge on any atom is -0.328 e. The Morgan fingerprint density at radius 3 is 1.73 bits per heavy atom. The van der Waals surface area contributed by atoms with E-state index in [4.69, 9.17) is 5.73 Å². The van der Waals surface area contributed by atoms with E-state index in [2.05, 4.69) is 0 Å². The van der Waals surface area contributed by atoms with E-state index in [0.717, 1.165) is 17.3 Å². The van der Waals surface area contributed by atoms with Gasteiger partial charge in [0.15, 0.2) is 0 Å². The molecule has 0 aromatic heterocycles. The highest BCUT2D eigenvalue weighted by Crippen LogP contribution is 2.58. The molecule has 1 heteroatoms. The molecule has 15 heavy (non-hydrogen) atoms. The minimum atomic E-state index is 0.527. The molecule has 0 aromatic rings. The Morgan fingerprint density at radius 2 is 1.20 bits per heavy atom. The van der Waals surface area contributed by atoms with E-state index in [9.17, 15) is 0 Å². The molecule has 3 aliphatic rings. The smallest absolute Gasteiger partial charge is 0.00390 e. The third-order valence-electron chi connectivity index (χ3n) is 5.53. The van der Waals surface area contributed by atoms with Crippen LogP contribution in [-0.4, -0.2) is 6.04 Å². The third kappa shape index (κ3) is 2.08. The molecular weight excluding hydrogens is 182 g/mol. The van der Waals surface area contributed by atoms with Gasteiger partial charge < -0.3 is 5.73 Å². The Labute approximate surface area is 93.8 Å². The first-order valence-corrected chi connectivity index (χ1v) is 7.03. The van der Waals surface area contributed by atoms with Crippen LogP contribution in [0.5, 0.6) is 0 Å². The summed E-state index contributed by atoms with van der Waals surface area (Å²) in [7, 11) is 0. The average molecular weight is 207 g/mol. The summed E-state index contributed by atoms with van der Waals surface area (Å²) in [5.74, 6) is 2.12. The molecule has 2 N–H and O–H groups in total. The largest absolute Gasteiger partial charge is 0.328 e. The Morgan fingerprint density at radius 1 is 0.667 bits per heavy atom. The first kappa shape index (κ1) is 10.1. The van der Waals surface area contributed by atoms with Crippen LogP contribution < -0.4 is 5.73 Å². The molecule has 1 nitrogen and oxygen atoms in total. The summed E-state index contributed by atoms with van der Waals surface area (Å²) in [5.41, 5.74) is 6.86. The molecule has 0 amide bonds. The van der Waals surface area contributed by atoms with E-state index in [0.29, 0.717) is 6.04 Å². The van der Waals surface area contributed by atoms with Crippen molar-refractivity contribution in [2.45, 2.75) is 70.3 Å². The molecule has 0 unspecified atom stereocenters. The second-order valence-corrected chi connectivity index (χ2v) is 6.51. The summed E-state index contributed by atoms with van der Waals surface area (Å²) in [6.45, 7) is 0. The van der Waals surface area contributed by atoms with E-state index in [-0.39, 0.29) is 0 Å². The lowest BCUT2D eigenvalue weighted by Crippen LogP contribution is -2.31. The van der Waals surface area contributed by atoms with E-state index >= 15 is 0 Å². The molecule has 0 saturated heterocycles. The van der Waals surface area contributed by atoms with Gasteiger partial charge in [0, 0.05) is 6.04 Å². The molecule has 0 heterocycles. The Bertz CT molecular complexity index is 213. The van der Waals surface area contributed by atoms with Gasteiger partial charge >= 0.3 is 0 Å². The molecule has 0 atom stereocenters. The lowest BCUT2D eigenvalue weighted by molar-refractivity contribution is 0.153. The van der Waals surface area contributed by atoms with Gasteiger partial charge in [-0.05, 0) is 81.5 Å². The fourth-order valence-electron chi connectivity index (χ4n) is 4.02. The standard InChI is InChI=1S/C14H25N/c15-13-3-1-11(2-4-13)12-5-7-14(8-6-12)9-10-14/h11-13H,1-10,15H2.